The van der Waals surface area contributed by atoms with Crippen LogP contribution in [0.25, 0.3) is 0 Å². The minimum atomic E-state index is 0.0171. The molecule has 2 aromatic carbocycles. The minimum Gasteiger partial charge on any atom is -0.490 e. The van der Waals surface area contributed by atoms with E-state index in [1.807, 2.05) is 37.3 Å². The van der Waals surface area contributed by atoms with Gasteiger partial charge in [-0.15, -0.1) is 0 Å². The SMILES string of the molecule is Cc1ccc2c(c1)CC(COc1cccc([C@H](C)N)c1)O2. The van der Waals surface area contributed by atoms with Gasteiger partial charge in [0, 0.05) is 12.5 Å². The molecule has 2 aromatic rings. The van der Waals surface area contributed by atoms with Gasteiger partial charge in [-0.05, 0) is 43.2 Å². The Labute approximate surface area is 125 Å². The summed E-state index contributed by atoms with van der Waals surface area (Å²) in [6, 6.07) is 14.3. The van der Waals surface area contributed by atoms with Gasteiger partial charge in [0.2, 0.25) is 0 Å². The highest BCUT2D eigenvalue weighted by atomic mass is 16.5. The van der Waals surface area contributed by atoms with Crippen molar-refractivity contribution in [3.05, 3.63) is 59.2 Å². The summed E-state index contributed by atoms with van der Waals surface area (Å²) in [6.45, 7) is 4.62. The third-order valence-electron chi connectivity index (χ3n) is 3.78. The molecule has 1 aliphatic heterocycles. The number of hydrogen-bond donors (Lipinski definition) is 1. The zero-order valence-corrected chi connectivity index (χ0v) is 12.5. The van der Waals surface area contributed by atoms with Gasteiger partial charge < -0.3 is 15.2 Å². The van der Waals surface area contributed by atoms with Crippen molar-refractivity contribution >= 4 is 0 Å². The van der Waals surface area contributed by atoms with Crippen LogP contribution in [0.3, 0.4) is 0 Å². The Balaban J connectivity index is 1.61. The fourth-order valence-corrected chi connectivity index (χ4v) is 2.62. The van der Waals surface area contributed by atoms with Crippen molar-refractivity contribution < 1.29 is 9.47 Å². The van der Waals surface area contributed by atoms with Crippen molar-refractivity contribution in [2.45, 2.75) is 32.4 Å². The summed E-state index contributed by atoms with van der Waals surface area (Å²) in [5, 5.41) is 0. The molecule has 2 N–H and O–H groups in total. The molecule has 0 bridgehead atoms. The van der Waals surface area contributed by atoms with Gasteiger partial charge in [-0.2, -0.15) is 0 Å². The Morgan fingerprint density at radius 2 is 2.14 bits per heavy atom. The number of nitrogens with two attached hydrogens (primary N) is 1. The van der Waals surface area contributed by atoms with Gasteiger partial charge in [-0.1, -0.05) is 29.8 Å². The summed E-state index contributed by atoms with van der Waals surface area (Å²) in [7, 11) is 0. The van der Waals surface area contributed by atoms with Crippen LogP contribution in [-0.2, 0) is 6.42 Å². The average Bonchev–Trinajstić information content (AvgIpc) is 2.87. The second-order valence-corrected chi connectivity index (χ2v) is 5.73. The summed E-state index contributed by atoms with van der Waals surface area (Å²) in [6.07, 6.45) is 0.991. The van der Waals surface area contributed by atoms with Gasteiger partial charge in [0.1, 0.15) is 24.2 Å². The van der Waals surface area contributed by atoms with Gasteiger partial charge in [-0.25, -0.2) is 0 Å². The van der Waals surface area contributed by atoms with Gasteiger partial charge in [0.05, 0.1) is 0 Å². The molecule has 1 unspecified atom stereocenters. The smallest absolute Gasteiger partial charge is 0.137 e. The van der Waals surface area contributed by atoms with E-state index in [1.54, 1.807) is 0 Å². The van der Waals surface area contributed by atoms with Crippen molar-refractivity contribution in [3.8, 4) is 11.5 Å². The van der Waals surface area contributed by atoms with Crippen LogP contribution in [0.5, 0.6) is 11.5 Å². The Bertz CT molecular complexity index is 637. The van der Waals surface area contributed by atoms with E-state index in [0.717, 1.165) is 23.5 Å². The molecular formula is C18H21NO2. The molecule has 21 heavy (non-hydrogen) atoms. The first kappa shape index (κ1) is 14.0. The van der Waals surface area contributed by atoms with Crippen LogP contribution in [-0.4, -0.2) is 12.7 Å². The number of ether oxygens (including phenoxy) is 2. The molecule has 3 rings (SSSR count). The van der Waals surface area contributed by atoms with Gasteiger partial charge in [-0.3, -0.25) is 0 Å². The van der Waals surface area contributed by atoms with Crippen molar-refractivity contribution in [2.24, 2.45) is 5.73 Å². The number of rotatable bonds is 4. The lowest BCUT2D eigenvalue weighted by Crippen LogP contribution is -2.22. The van der Waals surface area contributed by atoms with Crippen LogP contribution >= 0.6 is 0 Å². The zero-order valence-electron chi connectivity index (χ0n) is 12.5. The van der Waals surface area contributed by atoms with Gasteiger partial charge in [0.15, 0.2) is 0 Å². The van der Waals surface area contributed by atoms with Crippen LogP contribution < -0.4 is 15.2 Å². The molecule has 0 saturated carbocycles. The van der Waals surface area contributed by atoms with Gasteiger partial charge >= 0.3 is 0 Å². The monoisotopic (exact) mass is 283 g/mol. The maximum atomic E-state index is 5.91. The number of fused-ring (bicyclic) bond motifs is 1. The van der Waals surface area contributed by atoms with E-state index in [0.29, 0.717) is 6.61 Å². The number of hydrogen-bond acceptors (Lipinski definition) is 3. The highest BCUT2D eigenvalue weighted by molar-refractivity contribution is 5.40. The Kier molecular flexibility index (Phi) is 3.84. The van der Waals surface area contributed by atoms with E-state index in [9.17, 15) is 0 Å². The van der Waals surface area contributed by atoms with E-state index >= 15 is 0 Å². The third-order valence-corrected chi connectivity index (χ3v) is 3.78. The van der Waals surface area contributed by atoms with E-state index in [4.69, 9.17) is 15.2 Å². The predicted octanol–water partition coefficient (Wildman–Crippen LogP) is 3.40. The molecule has 0 radical (unpaired) electrons. The van der Waals surface area contributed by atoms with Crippen molar-refractivity contribution in [1.82, 2.24) is 0 Å². The molecule has 0 amide bonds. The lowest BCUT2D eigenvalue weighted by molar-refractivity contribution is 0.148. The number of aryl methyl sites for hydroxylation is 1. The Hall–Kier alpha value is -2.00. The summed E-state index contributed by atoms with van der Waals surface area (Å²) < 4.78 is 11.8. The predicted molar refractivity (Wildman–Crippen MR) is 83.8 cm³/mol. The molecule has 1 heterocycles. The quantitative estimate of drug-likeness (QED) is 0.935. The van der Waals surface area contributed by atoms with Crippen LogP contribution in [0.1, 0.15) is 29.7 Å². The molecule has 0 aromatic heterocycles. The molecule has 3 nitrogen and oxygen atoms in total. The molecule has 110 valence electrons. The summed E-state index contributed by atoms with van der Waals surface area (Å²) >= 11 is 0. The zero-order chi connectivity index (χ0) is 14.8. The number of benzene rings is 2. The Morgan fingerprint density at radius 1 is 1.29 bits per heavy atom. The molecule has 0 spiro atoms. The highest BCUT2D eigenvalue weighted by Gasteiger charge is 2.23. The van der Waals surface area contributed by atoms with E-state index < -0.39 is 0 Å². The molecule has 3 heteroatoms. The van der Waals surface area contributed by atoms with Crippen LogP contribution in [0.2, 0.25) is 0 Å². The van der Waals surface area contributed by atoms with Crippen LogP contribution in [0, 0.1) is 6.92 Å². The molecular weight excluding hydrogens is 262 g/mol. The first-order chi connectivity index (χ1) is 10.1. The topological polar surface area (TPSA) is 44.5 Å². The highest BCUT2D eigenvalue weighted by Crippen LogP contribution is 2.30. The standard InChI is InChI=1S/C18H21NO2/c1-12-6-7-18-15(8-12)10-17(21-18)11-20-16-5-3-4-14(9-16)13(2)19/h3-9,13,17H,10-11,19H2,1-2H3/t13-,17?/m0/s1. The van der Waals surface area contributed by atoms with E-state index in [2.05, 4.69) is 19.1 Å². The lowest BCUT2D eigenvalue weighted by Gasteiger charge is -2.14. The molecule has 0 fully saturated rings. The molecule has 0 saturated heterocycles. The second-order valence-electron chi connectivity index (χ2n) is 5.73. The lowest BCUT2D eigenvalue weighted by atomic mass is 10.1. The van der Waals surface area contributed by atoms with Crippen molar-refractivity contribution in [3.63, 3.8) is 0 Å². The minimum absolute atomic E-state index is 0.0171. The first-order valence-corrected chi connectivity index (χ1v) is 7.36. The molecule has 1 aliphatic rings. The fraction of sp³-hybridized carbons (Fsp3) is 0.333. The molecule has 2 atom stereocenters. The maximum Gasteiger partial charge on any atom is 0.137 e. The van der Waals surface area contributed by atoms with Gasteiger partial charge in [0.25, 0.3) is 0 Å². The fourth-order valence-electron chi connectivity index (χ4n) is 2.62. The average molecular weight is 283 g/mol. The molecule has 0 aliphatic carbocycles. The normalized spacial score (nSPS) is 18.0. The van der Waals surface area contributed by atoms with E-state index in [-0.39, 0.29) is 12.1 Å². The summed E-state index contributed by atoms with van der Waals surface area (Å²) in [4.78, 5) is 0. The first-order valence-electron chi connectivity index (χ1n) is 7.36. The van der Waals surface area contributed by atoms with Crippen LogP contribution in [0.15, 0.2) is 42.5 Å². The third kappa shape index (κ3) is 3.19. The van der Waals surface area contributed by atoms with E-state index in [1.165, 1.54) is 11.1 Å². The summed E-state index contributed by atoms with van der Waals surface area (Å²) in [5.41, 5.74) is 9.51. The maximum absolute atomic E-state index is 5.91. The van der Waals surface area contributed by atoms with Crippen molar-refractivity contribution in [1.29, 1.82) is 0 Å². The summed E-state index contributed by atoms with van der Waals surface area (Å²) in [5.74, 6) is 1.83. The second kappa shape index (κ2) is 5.78. The van der Waals surface area contributed by atoms with Crippen LogP contribution in [0.4, 0.5) is 0 Å². The van der Waals surface area contributed by atoms with Crippen molar-refractivity contribution in [2.75, 3.05) is 6.61 Å². The largest absolute Gasteiger partial charge is 0.490 e. The Morgan fingerprint density at radius 3 is 2.95 bits per heavy atom.